The molecule has 0 amide bonds. The molecule has 3 N–H and O–H groups in total. The summed E-state index contributed by atoms with van der Waals surface area (Å²) >= 11 is 0. The number of nitrogens with zero attached hydrogens (tertiary/aromatic N) is 4. The van der Waals surface area contributed by atoms with Gasteiger partial charge in [0.2, 0.25) is 0 Å². The largest absolute Gasteiger partial charge is 0.344 e. The highest BCUT2D eigenvalue weighted by atomic mass is 15.5. The highest BCUT2D eigenvalue weighted by Crippen LogP contribution is 2.23. The van der Waals surface area contributed by atoms with Crippen molar-refractivity contribution in [3.8, 4) is 12.3 Å². The first kappa shape index (κ1) is 13.4. The standard InChI is InChI=1S/C10H15N4.H3N/c1-3-4-6-14(9-12)7-5-13(2)10(14)8-11;/h5,7,10H,3-4,6H2,1-2H3;1H3/q+1;. The van der Waals surface area contributed by atoms with Crippen LogP contribution in [-0.2, 0) is 0 Å². The summed E-state index contributed by atoms with van der Waals surface area (Å²) in [7, 11) is 1.83. The molecule has 2 unspecified atom stereocenters. The molecule has 0 saturated carbocycles. The van der Waals surface area contributed by atoms with Crippen molar-refractivity contribution in [2.75, 3.05) is 13.6 Å². The van der Waals surface area contributed by atoms with Gasteiger partial charge in [-0.1, -0.05) is 13.3 Å². The maximum Gasteiger partial charge on any atom is 0.316 e. The van der Waals surface area contributed by atoms with E-state index < -0.39 is 0 Å². The number of unbranched alkanes of at least 4 members (excludes halogenated alkanes) is 1. The average Bonchev–Trinajstić information content (AvgIpc) is 2.53. The van der Waals surface area contributed by atoms with Gasteiger partial charge in [-0.3, -0.25) is 0 Å². The van der Waals surface area contributed by atoms with Crippen LogP contribution in [0.3, 0.4) is 0 Å². The summed E-state index contributed by atoms with van der Waals surface area (Å²) in [6.45, 7) is 2.80. The Kier molecular flexibility index (Phi) is 4.80. The molecule has 0 bridgehead atoms. The van der Waals surface area contributed by atoms with Gasteiger partial charge in [0, 0.05) is 7.05 Å². The summed E-state index contributed by atoms with van der Waals surface area (Å²) in [5.74, 6) is 0. The van der Waals surface area contributed by atoms with E-state index in [1.807, 2.05) is 19.4 Å². The van der Waals surface area contributed by atoms with Gasteiger partial charge in [0.1, 0.15) is 6.20 Å². The molecule has 1 rings (SSSR count). The highest BCUT2D eigenvalue weighted by molar-refractivity contribution is 4.99. The van der Waals surface area contributed by atoms with Gasteiger partial charge in [0.15, 0.2) is 6.07 Å². The van der Waals surface area contributed by atoms with Crippen LogP contribution in [0.2, 0.25) is 0 Å². The van der Waals surface area contributed by atoms with Crippen LogP contribution in [0.25, 0.3) is 0 Å². The second-order valence-electron chi connectivity index (χ2n) is 3.57. The monoisotopic (exact) mass is 208 g/mol. The Hall–Kier alpha value is -1.56. The van der Waals surface area contributed by atoms with Gasteiger partial charge in [-0.05, 0) is 6.42 Å². The Morgan fingerprint density at radius 3 is 2.60 bits per heavy atom. The van der Waals surface area contributed by atoms with Crippen LogP contribution in [0.1, 0.15) is 19.8 Å². The molecule has 1 heterocycles. The average molecular weight is 208 g/mol. The first-order valence-corrected chi connectivity index (χ1v) is 4.80. The van der Waals surface area contributed by atoms with Crippen LogP contribution in [0, 0.1) is 22.8 Å². The smallest absolute Gasteiger partial charge is 0.316 e. The second kappa shape index (κ2) is 5.35. The van der Waals surface area contributed by atoms with E-state index in [2.05, 4.69) is 19.2 Å². The van der Waals surface area contributed by atoms with Gasteiger partial charge < -0.3 is 11.1 Å². The fourth-order valence-corrected chi connectivity index (χ4v) is 1.66. The summed E-state index contributed by atoms with van der Waals surface area (Å²) in [6.07, 6.45) is 7.47. The second-order valence-corrected chi connectivity index (χ2v) is 3.57. The third-order valence-corrected chi connectivity index (χ3v) is 2.57. The minimum Gasteiger partial charge on any atom is -0.344 e. The Labute approximate surface area is 91.0 Å². The summed E-state index contributed by atoms with van der Waals surface area (Å²) in [6, 6.07) is 2.18. The van der Waals surface area contributed by atoms with Crippen molar-refractivity contribution < 1.29 is 4.48 Å². The molecule has 0 radical (unpaired) electrons. The molecule has 0 spiro atoms. The van der Waals surface area contributed by atoms with Crippen LogP contribution >= 0.6 is 0 Å². The Balaban J connectivity index is 0.00000196. The molecular formula is C10H18N5+. The third kappa shape index (κ3) is 2.27. The Bertz CT molecular complexity index is 311. The van der Waals surface area contributed by atoms with Crippen LogP contribution in [0.15, 0.2) is 12.4 Å². The molecule has 82 valence electrons. The van der Waals surface area contributed by atoms with E-state index in [9.17, 15) is 0 Å². The summed E-state index contributed by atoms with van der Waals surface area (Å²) in [4.78, 5) is 1.79. The minimum absolute atomic E-state index is 0. The first-order valence-electron chi connectivity index (χ1n) is 4.80. The third-order valence-electron chi connectivity index (χ3n) is 2.57. The summed E-state index contributed by atoms with van der Waals surface area (Å²) in [5, 5.41) is 18.2. The Morgan fingerprint density at radius 2 is 2.13 bits per heavy atom. The van der Waals surface area contributed by atoms with E-state index in [1.54, 1.807) is 4.90 Å². The van der Waals surface area contributed by atoms with E-state index in [0.29, 0.717) is 6.54 Å². The molecule has 0 aromatic heterocycles. The van der Waals surface area contributed by atoms with Gasteiger partial charge in [-0.2, -0.15) is 9.74 Å². The lowest BCUT2D eigenvalue weighted by molar-refractivity contribution is -0.835. The maximum absolute atomic E-state index is 9.16. The van der Waals surface area contributed by atoms with Gasteiger partial charge in [0.05, 0.1) is 12.7 Å². The SMILES string of the molecule is CCCC[N+]1(C#N)C=CN(C)C1C#N.N. The minimum atomic E-state index is -0.383. The predicted octanol–water partition coefficient (Wildman–Crippen LogP) is 1.51. The van der Waals surface area contributed by atoms with Gasteiger partial charge in [-0.25, -0.2) is 0 Å². The predicted molar refractivity (Wildman–Crippen MR) is 57.0 cm³/mol. The van der Waals surface area contributed by atoms with Gasteiger partial charge >= 0.3 is 6.19 Å². The molecule has 15 heavy (non-hydrogen) atoms. The lowest BCUT2D eigenvalue weighted by atomic mass is 10.2. The maximum atomic E-state index is 9.16. The summed E-state index contributed by atoms with van der Waals surface area (Å²) in [5.41, 5.74) is 0. The quantitative estimate of drug-likeness (QED) is 0.562. The molecule has 0 aromatic carbocycles. The Morgan fingerprint density at radius 1 is 1.47 bits per heavy atom. The number of hydrogen-bond donors (Lipinski definition) is 1. The molecule has 0 aliphatic carbocycles. The number of quaternary nitrogens is 1. The topological polar surface area (TPSA) is 85.8 Å². The lowest BCUT2D eigenvalue weighted by Crippen LogP contribution is -2.49. The zero-order valence-electron chi connectivity index (χ0n) is 9.35. The van der Waals surface area contributed by atoms with Crippen molar-refractivity contribution in [2.24, 2.45) is 0 Å². The van der Waals surface area contributed by atoms with Crippen molar-refractivity contribution in [3.63, 3.8) is 0 Å². The van der Waals surface area contributed by atoms with Crippen LogP contribution < -0.4 is 6.15 Å². The molecule has 1 aliphatic rings. The van der Waals surface area contributed by atoms with Crippen LogP contribution in [0.5, 0.6) is 0 Å². The van der Waals surface area contributed by atoms with Crippen LogP contribution in [0.4, 0.5) is 0 Å². The van der Waals surface area contributed by atoms with Crippen LogP contribution in [-0.4, -0.2) is 29.1 Å². The van der Waals surface area contributed by atoms with E-state index in [0.717, 1.165) is 12.8 Å². The van der Waals surface area contributed by atoms with E-state index in [1.165, 1.54) is 0 Å². The van der Waals surface area contributed by atoms with Crippen molar-refractivity contribution in [2.45, 2.75) is 25.9 Å². The highest BCUT2D eigenvalue weighted by Gasteiger charge is 2.42. The molecule has 0 saturated heterocycles. The van der Waals surface area contributed by atoms with Crippen molar-refractivity contribution in [1.82, 2.24) is 11.1 Å². The fourth-order valence-electron chi connectivity index (χ4n) is 1.66. The zero-order valence-corrected chi connectivity index (χ0v) is 9.35. The summed E-state index contributed by atoms with van der Waals surface area (Å²) < 4.78 is 0.112. The van der Waals surface area contributed by atoms with E-state index in [-0.39, 0.29) is 16.8 Å². The van der Waals surface area contributed by atoms with Gasteiger partial charge in [0.25, 0.3) is 6.17 Å². The van der Waals surface area contributed by atoms with Gasteiger partial charge in [-0.15, -0.1) is 5.26 Å². The van der Waals surface area contributed by atoms with E-state index in [4.69, 9.17) is 10.5 Å². The fraction of sp³-hybridized carbons (Fsp3) is 0.600. The van der Waals surface area contributed by atoms with Crippen molar-refractivity contribution in [3.05, 3.63) is 12.4 Å². The molecule has 5 nitrogen and oxygen atoms in total. The molecule has 0 fully saturated rings. The van der Waals surface area contributed by atoms with Crippen molar-refractivity contribution >= 4 is 0 Å². The first-order chi connectivity index (χ1) is 6.70. The zero-order chi connectivity index (χ0) is 10.6. The number of hydrogen-bond acceptors (Lipinski definition) is 4. The molecule has 1 aliphatic heterocycles. The van der Waals surface area contributed by atoms with E-state index >= 15 is 0 Å². The molecule has 5 heteroatoms. The number of rotatable bonds is 3. The number of nitriles is 2. The van der Waals surface area contributed by atoms with Crippen molar-refractivity contribution in [1.29, 1.82) is 10.5 Å². The molecule has 0 aromatic rings. The normalized spacial score (nSPS) is 28.0. The molecule has 2 atom stereocenters. The lowest BCUT2D eigenvalue weighted by Gasteiger charge is -2.27. The molecular weight excluding hydrogens is 190 g/mol.